The van der Waals surface area contributed by atoms with Gasteiger partial charge in [-0.3, -0.25) is 14.2 Å². The molecule has 32 heavy (non-hydrogen) atoms. The Morgan fingerprint density at radius 2 is 1.84 bits per heavy atom. The fourth-order valence-corrected chi connectivity index (χ4v) is 3.62. The smallest absolute Gasteiger partial charge is 0.361 e. The topological polar surface area (TPSA) is 105 Å². The van der Waals surface area contributed by atoms with Gasteiger partial charge in [-0.2, -0.15) is 23.0 Å². The summed E-state index contributed by atoms with van der Waals surface area (Å²) in [6.07, 6.45) is -4.89. The van der Waals surface area contributed by atoms with E-state index in [0.717, 1.165) is 11.7 Å². The van der Waals surface area contributed by atoms with Crippen LogP contribution >= 0.6 is 11.6 Å². The van der Waals surface area contributed by atoms with Gasteiger partial charge in [-0.05, 0) is 32.0 Å². The number of hydrogen-bond donors (Lipinski definition) is 0. The van der Waals surface area contributed by atoms with Crippen LogP contribution in [0.15, 0.2) is 38.4 Å². The van der Waals surface area contributed by atoms with Crippen molar-refractivity contribution in [2.75, 3.05) is 0 Å². The Hall–Kier alpha value is -3.67. The standard InChI is InChI=1S/C19H13ClF3N5O4/c1-8-15(9(2)32-25-8)17(30)28-12-6-10(4-5-11(12)16(20)24-28)27-14(29)7-13(19(21,22)23)26(3)18(27)31/h4-7H,1-3H3. The molecule has 4 aromatic rings. The minimum atomic E-state index is -4.89. The lowest BCUT2D eigenvalue weighted by Crippen LogP contribution is -2.40. The number of aromatic nitrogens is 5. The number of nitrogens with zero attached hydrogens (tertiary/aromatic N) is 5. The number of carbonyl (C=O) groups is 1. The van der Waals surface area contributed by atoms with Gasteiger partial charge >= 0.3 is 11.9 Å². The molecule has 3 aromatic heterocycles. The summed E-state index contributed by atoms with van der Waals surface area (Å²) in [5, 5.41) is 8.04. The molecule has 0 aliphatic rings. The molecule has 0 spiro atoms. The van der Waals surface area contributed by atoms with Gasteiger partial charge in [0.15, 0.2) is 5.15 Å². The number of carbonyl (C=O) groups excluding carboxylic acids is 1. The van der Waals surface area contributed by atoms with Crippen LogP contribution in [0, 0.1) is 13.8 Å². The summed E-state index contributed by atoms with van der Waals surface area (Å²) in [7, 11) is 0.904. The van der Waals surface area contributed by atoms with E-state index in [0.29, 0.717) is 26.3 Å². The molecular weight excluding hydrogens is 455 g/mol. The molecule has 0 aliphatic carbocycles. The maximum absolute atomic E-state index is 13.1. The van der Waals surface area contributed by atoms with E-state index >= 15 is 0 Å². The number of alkyl halides is 3. The maximum atomic E-state index is 13.1. The van der Waals surface area contributed by atoms with Crippen molar-refractivity contribution in [2.24, 2.45) is 7.05 Å². The van der Waals surface area contributed by atoms with Crippen molar-refractivity contribution < 1.29 is 22.5 Å². The minimum Gasteiger partial charge on any atom is -0.361 e. The van der Waals surface area contributed by atoms with Crippen LogP contribution in [0.4, 0.5) is 13.2 Å². The Kier molecular flexibility index (Phi) is 4.84. The van der Waals surface area contributed by atoms with Gasteiger partial charge in [-0.15, -0.1) is 0 Å². The zero-order valence-electron chi connectivity index (χ0n) is 16.7. The molecule has 0 radical (unpaired) electrons. The molecule has 3 heterocycles. The molecule has 4 rings (SSSR count). The number of hydrogen-bond acceptors (Lipinski definition) is 6. The lowest BCUT2D eigenvalue weighted by Gasteiger charge is -2.14. The van der Waals surface area contributed by atoms with Crippen LogP contribution in [0.3, 0.4) is 0 Å². The first-order chi connectivity index (χ1) is 14.9. The number of fused-ring (bicyclic) bond motifs is 1. The molecule has 9 nitrogen and oxygen atoms in total. The van der Waals surface area contributed by atoms with E-state index in [-0.39, 0.29) is 27.7 Å². The lowest BCUT2D eigenvalue weighted by atomic mass is 10.2. The first kappa shape index (κ1) is 21.6. The molecule has 0 amide bonds. The second-order valence-corrected chi connectivity index (χ2v) is 7.31. The van der Waals surface area contributed by atoms with Crippen LogP contribution < -0.4 is 11.2 Å². The molecule has 0 N–H and O–H groups in total. The Morgan fingerprint density at radius 1 is 1.16 bits per heavy atom. The maximum Gasteiger partial charge on any atom is 0.431 e. The average molecular weight is 468 g/mol. The molecule has 0 atom stereocenters. The van der Waals surface area contributed by atoms with E-state index in [4.69, 9.17) is 16.1 Å². The van der Waals surface area contributed by atoms with Crippen molar-refractivity contribution >= 4 is 28.4 Å². The largest absolute Gasteiger partial charge is 0.431 e. The van der Waals surface area contributed by atoms with Crippen LogP contribution in [0.5, 0.6) is 0 Å². The van der Waals surface area contributed by atoms with E-state index in [1.54, 1.807) is 6.92 Å². The van der Waals surface area contributed by atoms with Crippen molar-refractivity contribution in [2.45, 2.75) is 20.0 Å². The summed E-state index contributed by atoms with van der Waals surface area (Å²) >= 11 is 6.14. The zero-order chi connectivity index (χ0) is 23.5. The first-order valence-electron chi connectivity index (χ1n) is 8.98. The van der Waals surface area contributed by atoms with Gasteiger partial charge in [0.1, 0.15) is 17.0 Å². The Bertz CT molecular complexity index is 1510. The highest BCUT2D eigenvalue weighted by Crippen LogP contribution is 2.28. The van der Waals surface area contributed by atoms with Gasteiger partial charge < -0.3 is 4.52 Å². The predicted octanol–water partition coefficient (Wildman–Crippen LogP) is 2.85. The van der Waals surface area contributed by atoms with Gasteiger partial charge in [-0.1, -0.05) is 16.8 Å². The van der Waals surface area contributed by atoms with Gasteiger partial charge in [0.2, 0.25) is 0 Å². The Balaban J connectivity index is 1.96. The van der Waals surface area contributed by atoms with Crippen LogP contribution in [0.1, 0.15) is 27.5 Å². The van der Waals surface area contributed by atoms with Crippen molar-refractivity contribution in [3.63, 3.8) is 0 Å². The number of rotatable bonds is 2. The van der Waals surface area contributed by atoms with E-state index in [2.05, 4.69) is 10.3 Å². The Morgan fingerprint density at radius 3 is 2.44 bits per heavy atom. The lowest BCUT2D eigenvalue weighted by molar-refractivity contribution is -0.144. The molecule has 13 heteroatoms. The average Bonchev–Trinajstić information content (AvgIpc) is 3.22. The third-order valence-electron chi connectivity index (χ3n) is 4.93. The summed E-state index contributed by atoms with van der Waals surface area (Å²) in [5.74, 6) is -0.376. The fraction of sp³-hybridized carbons (Fsp3) is 0.211. The molecule has 0 saturated heterocycles. The molecule has 166 valence electrons. The highest BCUT2D eigenvalue weighted by molar-refractivity contribution is 6.34. The summed E-state index contributed by atoms with van der Waals surface area (Å²) in [6, 6.07) is 4.31. The zero-order valence-corrected chi connectivity index (χ0v) is 17.4. The van der Waals surface area contributed by atoms with Crippen molar-refractivity contribution in [3.05, 3.63) is 73.0 Å². The van der Waals surface area contributed by atoms with Crippen LogP contribution in [-0.2, 0) is 13.2 Å². The number of halogens is 4. The summed E-state index contributed by atoms with van der Waals surface area (Å²) in [6.45, 7) is 3.10. The van der Waals surface area contributed by atoms with Crippen molar-refractivity contribution in [1.29, 1.82) is 0 Å². The monoisotopic (exact) mass is 467 g/mol. The third kappa shape index (κ3) is 3.23. The molecule has 0 saturated carbocycles. The molecule has 0 bridgehead atoms. The molecule has 0 unspecified atom stereocenters. The van der Waals surface area contributed by atoms with Crippen LogP contribution in [-0.4, -0.2) is 30.0 Å². The Labute approximate surface area is 181 Å². The summed E-state index contributed by atoms with van der Waals surface area (Å²) < 4.78 is 46.2. The third-order valence-corrected chi connectivity index (χ3v) is 5.21. The van der Waals surface area contributed by atoms with E-state index in [1.807, 2.05) is 0 Å². The number of aryl methyl sites for hydroxylation is 2. The summed E-state index contributed by atoms with van der Waals surface area (Å²) in [5.41, 5.74) is -3.25. The second kappa shape index (κ2) is 7.19. The minimum absolute atomic E-state index is 0.0284. The van der Waals surface area contributed by atoms with Crippen molar-refractivity contribution in [1.82, 2.24) is 24.1 Å². The fourth-order valence-electron chi connectivity index (χ4n) is 3.39. The van der Waals surface area contributed by atoms with Gasteiger partial charge in [-0.25, -0.2) is 9.36 Å². The molecule has 1 aromatic carbocycles. The van der Waals surface area contributed by atoms with Gasteiger partial charge in [0.25, 0.3) is 11.5 Å². The highest BCUT2D eigenvalue weighted by Gasteiger charge is 2.35. The van der Waals surface area contributed by atoms with E-state index < -0.39 is 29.0 Å². The highest BCUT2D eigenvalue weighted by atomic mass is 35.5. The van der Waals surface area contributed by atoms with E-state index in [1.165, 1.54) is 25.1 Å². The van der Waals surface area contributed by atoms with Gasteiger partial charge in [0, 0.05) is 18.5 Å². The van der Waals surface area contributed by atoms with Crippen molar-refractivity contribution in [3.8, 4) is 5.69 Å². The normalized spacial score (nSPS) is 12.0. The molecule has 0 fully saturated rings. The van der Waals surface area contributed by atoms with E-state index in [9.17, 15) is 27.6 Å². The summed E-state index contributed by atoms with van der Waals surface area (Å²) in [4.78, 5) is 38.0. The number of benzene rings is 1. The van der Waals surface area contributed by atoms with Gasteiger partial charge in [0.05, 0.1) is 16.9 Å². The molecule has 0 aliphatic heterocycles. The molecular formula is C19H13ClF3N5O4. The SMILES string of the molecule is Cc1noc(C)c1C(=O)n1nc(Cl)c2ccc(-n3c(=O)cc(C(F)(F)F)n(C)c3=O)cc21. The predicted molar refractivity (Wildman–Crippen MR) is 106 cm³/mol. The van der Waals surface area contributed by atoms with Crippen LogP contribution in [0.25, 0.3) is 16.6 Å². The second-order valence-electron chi connectivity index (χ2n) is 6.95. The van der Waals surface area contributed by atoms with Crippen LogP contribution in [0.2, 0.25) is 5.15 Å². The quantitative estimate of drug-likeness (QED) is 0.449. The first-order valence-corrected chi connectivity index (χ1v) is 9.36.